The molecule has 0 aromatic heterocycles. The molecule has 0 fully saturated rings. The van der Waals surface area contributed by atoms with Crippen LogP contribution in [0.15, 0.2) is 48.5 Å². The molecule has 2 rings (SSSR count). The topological polar surface area (TPSA) is 32.3 Å². The number of carbonyl (C=O) groups excluding carboxylic acids is 1. The summed E-state index contributed by atoms with van der Waals surface area (Å²) in [6.07, 6.45) is 0. The number of amides is 1. The minimum atomic E-state index is -0.0102. The zero-order valence-corrected chi connectivity index (χ0v) is 13.8. The normalized spacial score (nSPS) is 12.2. The number of likely N-dealkylation sites (N-methyl/N-ethyl adjacent to an activating group) is 1. The lowest BCUT2D eigenvalue weighted by Gasteiger charge is -2.25. The van der Waals surface area contributed by atoms with Crippen molar-refractivity contribution >= 4 is 5.91 Å². The average Bonchev–Trinajstić information content (AvgIpc) is 2.50. The van der Waals surface area contributed by atoms with E-state index in [0.29, 0.717) is 6.54 Å². The molecule has 1 amide bonds. The van der Waals surface area contributed by atoms with Gasteiger partial charge < -0.3 is 10.2 Å². The molecule has 22 heavy (non-hydrogen) atoms. The number of hydrogen-bond acceptors (Lipinski definition) is 2. The molecule has 3 heteroatoms. The second-order valence-corrected chi connectivity index (χ2v) is 5.85. The molecule has 0 saturated heterocycles. The summed E-state index contributed by atoms with van der Waals surface area (Å²) >= 11 is 0. The van der Waals surface area contributed by atoms with Gasteiger partial charge in [-0.1, -0.05) is 42.5 Å². The fourth-order valence-corrected chi connectivity index (χ4v) is 2.56. The minimum absolute atomic E-state index is 0.0102. The van der Waals surface area contributed by atoms with Gasteiger partial charge in [-0.15, -0.1) is 0 Å². The maximum Gasteiger partial charge on any atom is 0.251 e. The van der Waals surface area contributed by atoms with Crippen LogP contribution in [0.25, 0.3) is 0 Å². The van der Waals surface area contributed by atoms with Crippen LogP contribution in [0.4, 0.5) is 0 Å². The second kappa shape index (κ2) is 7.23. The van der Waals surface area contributed by atoms with E-state index in [1.807, 2.05) is 64.3 Å². The third-order valence-electron chi connectivity index (χ3n) is 4.11. The van der Waals surface area contributed by atoms with Crippen LogP contribution in [0.2, 0.25) is 0 Å². The lowest BCUT2D eigenvalue weighted by molar-refractivity contribution is 0.0941. The van der Waals surface area contributed by atoms with Gasteiger partial charge in [0.15, 0.2) is 0 Å². The first kappa shape index (κ1) is 16.2. The van der Waals surface area contributed by atoms with Gasteiger partial charge in [0.2, 0.25) is 0 Å². The van der Waals surface area contributed by atoms with E-state index in [2.05, 4.69) is 22.3 Å². The largest absolute Gasteiger partial charge is 0.350 e. The van der Waals surface area contributed by atoms with Crippen molar-refractivity contribution in [3.05, 3.63) is 70.8 Å². The molecule has 0 aliphatic carbocycles. The molecule has 0 radical (unpaired) electrons. The number of benzene rings is 2. The Morgan fingerprint density at radius 1 is 1.05 bits per heavy atom. The molecule has 3 nitrogen and oxygen atoms in total. The molecular formula is C19H24N2O. The number of rotatable bonds is 5. The highest BCUT2D eigenvalue weighted by molar-refractivity contribution is 5.95. The molecule has 0 aliphatic heterocycles. The first-order valence-electron chi connectivity index (χ1n) is 7.56. The van der Waals surface area contributed by atoms with Gasteiger partial charge in [0.1, 0.15) is 0 Å². The van der Waals surface area contributed by atoms with E-state index in [0.717, 1.165) is 16.7 Å². The fourth-order valence-electron chi connectivity index (χ4n) is 2.56. The first-order valence-corrected chi connectivity index (χ1v) is 7.56. The number of hydrogen-bond donors (Lipinski definition) is 1. The zero-order valence-electron chi connectivity index (χ0n) is 13.8. The predicted molar refractivity (Wildman–Crippen MR) is 91.1 cm³/mol. The summed E-state index contributed by atoms with van der Waals surface area (Å²) in [6, 6.07) is 16.2. The van der Waals surface area contributed by atoms with Crippen LogP contribution < -0.4 is 5.32 Å². The third-order valence-corrected chi connectivity index (χ3v) is 4.11. The number of carbonyl (C=O) groups is 1. The van der Waals surface area contributed by atoms with Crippen molar-refractivity contribution in [2.45, 2.75) is 19.9 Å². The Bertz CT molecular complexity index is 635. The number of aryl methyl sites for hydroxylation is 1. The Kier molecular flexibility index (Phi) is 5.34. The molecule has 0 aliphatic rings. The third kappa shape index (κ3) is 3.74. The van der Waals surface area contributed by atoms with E-state index in [4.69, 9.17) is 0 Å². The van der Waals surface area contributed by atoms with E-state index < -0.39 is 0 Å². The lowest BCUT2D eigenvalue weighted by atomic mass is 10.0. The molecule has 0 bridgehead atoms. The minimum Gasteiger partial charge on any atom is -0.350 e. The van der Waals surface area contributed by atoms with Crippen molar-refractivity contribution in [2.24, 2.45) is 0 Å². The van der Waals surface area contributed by atoms with Gasteiger partial charge in [-0.2, -0.15) is 0 Å². The van der Waals surface area contributed by atoms with E-state index in [-0.39, 0.29) is 11.9 Å². The van der Waals surface area contributed by atoms with Crippen molar-refractivity contribution < 1.29 is 4.79 Å². The number of nitrogens with zero attached hydrogens (tertiary/aromatic N) is 1. The van der Waals surface area contributed by atoms with E-state index in [1.165, 1.54) is 5.56 Å². The average molecular weight is 296 g/mol. The van der Waals surface area contributed by atoms with Gasteiger partial charge in [0.05, 0.1) is 6.04 Å². The Morgan fingerprint density at radius 2 is 1.73 bits per heavy atom. The SMILES string of the molecule is Cc1cccc(C(=O)NC[C@@H](c2ccccc2)N(C)C)c1C. The van der Waals surface area contributed by atoms with Crippen molar-refractivity contribution in [1.82, 2.24) is 10.2 Å². The zero-order chi connectivity index (χ0) is 16.1. The lowest BCUT2D eigenvalue weighted by Crippen LogP contribution is -2.34. The summed E-state index contributed by atoms with van der Waals surface area (Å²) in [7, 11) is 4.06. The van der Waals surface area contributed by atoms with E-state index >= 15 is 0 Å². The monoisotopic (exact) mass is 296 g/mol. The molecule has 1 atom stereocenters. The van der Waals surface area contributed by atoms with Gasteiger partial charge in [-0.3, -0.25) is 4.79 Å². The van der Waals surface area contributed by atoms with Crippen molar-refractivity contribution in [2.75, 3.05) is 20.6 Å². The maximum absolute atomic E-state index is 12.4. The summed E-state index contributed by atoms with van der Waals surface area (Å²) in [4.78, 5) is 14.6. The highest BCUT2D eigenvalue weighted by Gasteiger charge is 2.16. The summed E-state index contributed by atoms with van der Waals surface area (Å²) in [6.45, 7) is 4.60. The smallest absolute Gasteiger partial charge is 0.251 e. The summed E-state index contributed by atoms with van der Waals surface area (Å²) in [5.74, 6) is -0.0102. The molecule has 0 spiro atoms. The fraction of sp³-hybridized carbons (Fsp3) is 0.316. The molecule has 2 aromatic rings. The van der Waals surface area contributed by atoms with E-state index in [9.17, 15) is 4.79 Å². The molecule has 116 valence electrons. The van der Waals surface area contributed by atoms with Crippen LogP contribution in [0.1, 0.15) is 33.1 Å². The Balaban J connectivity index is 2.10. The molecule has 0 unspecified atom stereocenters. The van der Waals surface area contributed by atoms with Gasteiger partial charge >= 0.3 is 0 Å². The van der Waals surface area contributed by atoms with Gasteiger partial charge in [-0.25, -0.2) is 0 Å². The quantitative estimate of drug-likeness (QED) is 0.918. The molecular weight excluding hydrogens is 272 g/mol. The molecule has 0 heterocycles. The van der Waals surface area contributed by atoms with Crippen molar-refractivity contribution in [3.8, 4) is 0 Å². The molecule has 0 saturated carbocycles. The molecule has 2 aromatic carbocycles. The highest BCUT2D eigenvalue weighted by Crippen LogP contribution is 2.17. The number of nitrogens with one attached hydrogen (secondary N) is 1. The Labute approximate surface area is 133 Å². The van der Waals surface area contributed by atoms with Gasteiger partial charge in [-0.05, 0) is 50.7 Å². The first-order chi connectivity index (χ1) is 10.5. The van der Waals surface area contributed by atoms with Crippen molar-refractivity contribution in [3.63, 3.8) is 0 Å². The summed E-state index contributed by atoms with van der Waals surface area (Å²) in [5.41, 5.74) is 4.14. The van der Waals surface area contributed by atoms with Gasteiger partial charge in [0.25, 0.3) is 5.91 Å². The maximum atomic E-state index is 12.4. The molecule has 1 N–H and O–H groups in total. The summed E-state index contributed by atoms with van der Waals surface area (Å²) in [5, 5.41) is 3.07. The predicted octanol–water partition coefficient (Wildman–Crippen LogP) is 3.34. The Morgan fingerprint density at radius 3 is 2.36 bits per heavy atom. The van der Waals surface area contributed by atoms with Crippen LogP contribution in [0, 0.1) is 13.8 Å². The standard InChI is InChI=1S/C19H24N2O/c1-14-9-8-12-17(15(14)2)19(22)20-13-18(21(3)4)16-10-6-5-7-11-16/h5-12,18H,13H2,1-4H3,(H,20,22)/t18-/m0/s1. The van der Waals surface area contributed by atoms with E-state index in [1.54, 1.807) is 0 Å². The second-order valence-electron chi connectivity index (χ2n) is 5.85. The van der Waals surface area contributed by atoms with Crippen molar-refractivity contribution in [1.29, 1.82) is 0 Å². The Hall–Kier alpha value is -2.13. The highest BCUT2D eigenvalue weighted by atomic mass is 16.1. The van der Waals surface area contributed by atoms with Gasteiger partial charge in [0, 0.05) is 12.1 Å². The van der Waals surface area contributed by atoms with Crippen LogP contribution in [0.5, 0.6) is 0 Å². The van der Waals surface area contributed by atoms with Crippen LogP contribution in [0.3, 0.4) is 0 Å². The van der Waals surface area contributed by atoms with Crippen LogP contribution >= 0.6 is 0 Å². The van der Waals surface area contributed by atoms with Crippen LogP contribution in [-0.4, -0.2) is 31.4 Å². The summed E-state index contributed by atoms with van der Waals surface area (Å²) < 4.78 is 0. The van der Waals surface area contributed by atoms with Crippen LogP contribution in [-0.2, 0) is 0 Å².